The van der Waals surface area contributed by atoms with Crippen LogP contribution in [0.2, 0.25) is 0 Å². The molecule has 2 N–H and O–H groups in total. The van der Waals surface area contributed by atoms with Gasteiger partial charge in [0.1, 0.15) is 0 Å². The Morgan fingerprint density at radius 1 is 1.21 bits per heavy atom. The molecule has 7 heteroatoms. The SMILES string of the molecule is C[C@@H](O)CNCC(=O)N1CCc2ccccc2C1Cc1ccc(C(F)(F)F)cc1. The third kappa shape index (κ3) is 5.36. The zero-order valence-corrected chi connectivity index (χ0v) is 16.2. The lowest BCUT2D eigenvalue weighted by Crippen LogP contribution is -2.45. The van der Waals surface area contributed by atoms with Crippen molar-refractivity contribution >= 4 is 5.91 Å². The number of aliphatic hydroxyl groups is 1. The van der Waals surface area contributed by atoms with Gasteiger partial charge in [0.2, 0.25) is 5.91 Å². The maximum atomic E-state index is 12.8. The molecule has 2 aromatic carbocycles. The van der Waals surface area contributed by atoms with E-state index in [1.54, 1.807) is 11.8 Å². The van der Waals surface area contributed by atoms with E-state index >= 15 is 0 Å². The fourth-order valence-electron chi connectivity index (χ4n) is 3.71. The monoisotopic (exact) mass is 406 g/mol. The lowest BCUT2D eigenvalue weighted by Gasteiger charge is -2.38. The van der Waals surface area contributed by atoms with E-state index in [2.05, 4.69) is 5.32 Å². The molecule has 1 amide bonds. The molecule has 0 aliphatic carbocycles. The Morgan fingerprint density at radius 2 is 1.90 bits per heavy atom. The number of nitrogens with zero attached hydrogens (tertiary/aromatic N) is 1. The number of rotatable bonds is 6. The second kappa shape index (κ2) is 8.97. The Bertz CT molecular complexity index is 835. The van der Waals surface area contributed by atoms with Crippen LogP contribution in [-0.4, -0.2) is 41.7 Å². The van der Waals surface area contributed by atoms with E-state index in [1.165, 1.54) is 12.1 Å². The van der Waals surface area contributed by atoms with Crippen LogP contribution in [0.3, 0.4) is 0 Å². The molecule has 0 saturated carbocycles. The summed E-state index contributed by atoms with van der Waals surface area (Å²) in [5.74, 6) is -0.0861. The molecule has 2 aromatic rings. The van der Waals surface area contributed by atoms with Crippen molar-refractivity contribution in [1.29, 1.82) is 0 Å². The predicted molar refractivity (Wildman–Crippen MR) is 104 cm³/mol. The van der Waals surface area contributed by atoms with Crippen molar-refractivity contribution in [2.75, 3.05) is 19.6 Å². The molecule has 0 bridgehead atoms. The van der Waals surface area contributed by atoms with Crippen molar-refractivity contribution in [3.05, 3.63) is 70.8 Å². The highest BCUT2D eigenvalue weighted by atomic mass is 19.4. The maximum absolute atomic E-state index is 12.8. The number of benzene rings is 2. The van der Waals surface area contributed by atoms with Gasteiger partial charge in [-0.2, -0.15) is 13.2 Å². The highest BCUT2D eigenvalue weighted by Crippen LogP contribution is 2.34. The summed E-state index contributed by atoms with van der Waals surface area (Å²) in [5, 5.41) is 12.3. The zero-order valence-electron chi connectivity index (χ0n) is 16.2. The standard InChI is InChI=1S/C22H25F3N2O2/c1-15(28)13-26-14-21(29)27-11-10-17-4-2-3-5-19(17)20(27)12-16-6-8-18(9-7-16)22(23,24)25/h2-9,15,20,26,28H,10-14H2,1H3/t15-,20?/m1/s1. The minimum absolute atomic E-state index is 0.0861. The van der Waals surface area contributed by atoms with Crippen LogP contribution in [0.25, 0.3) is 0 Å². The van der Waals surface area contributed by atoms with Crippen LogP contribution in [0.15, 0.2) is 48.5 Å². The van der Waals surface area contributed by atoms with Gasteiger partial charge in [0.15, 0.2) is 0 Å². The van der Waals surface area contributed by atoms with Crippen LogP contribution in [0.1, 0.15) is 35.2 Å². The normalized spacial score (nSPS) is 17.7. The summed E-state index contributed by atoms with van der Waals surface area (Å²) < 4.78 is 38.5. The van der Waals surface area contributed by atoms with Gasteiger partial charge in [-0.05, 0) is 48.6 Å². The van der Waals surface area contributed by atoms with Gasteiger partial charge in [0, 0.05) is 13.1 Å². The van der Waals surface area contributed by atoms with Gasteiger partial charge in [-0.15, -0.1) is 0 Å². The molecule has 1 heterocycles. The van der Waals surface area contributed by atoms with E-state index < -0.39 is 17.8 Å². The van der Waals surface area contributed by atoms with E-state index in [1.807, 2.05) is 24.3 Å². The van der Waals surface area contributed by atoms with Gasteiger partial charge in [-0.25, -0.2) is 0 Å². The molecule has 0 aromatic heterocycles. The van der Waals surface area contributed by atoms with Gasteiger partial charge in [0.25, 0.3) is 0 Å². The Balaban J connectivity index is 1.81. The smallest absolute Gasteiger partial charge is 0.392 e. The molecule has 29 heavy (non-hydrogen) atoms. The lowest BCUT2D eigenvalue weighted by atomic mass is 9.88. The minimum atomic E-state index is -4.37. The van der Waals surface area contributed by atoms with Crippen LogP contribution in [-0.2, 0) is 23.8 Å². The van der Waals surface area contributed by atoms with Gasteiger partial charge in [0.05, 0.1) is 24.3 Å². The third-order valence-corrected chi connectivity index (χ3v) is 5.16. The van der Waals surface area contributed by atoms with E-state index in [0.717, 1.165) is 35.2 Å². The van der Waals surface area contributed by atoms with Gasteiger partial charge < -0.3 is 15.3 Å². The molecule has 2 atom stereocenters. The highest BCUT2D eigenvalue weighted by Gasteiger charge is 2.32. The summed E-state index contributed by atoms with van der Waals surface area (Å²) in [6, 6.07) is 12.8. The second-order valence-corrected chi connectivity index (χ2v) is 7.43. The Kier molecular flexibility index (Phi) is 6.59. The van der Waals surface area contributed by atoms with E-state index in [0.29, 0.717) is 19.5 Å². The van der Waals surface area contributed by atoms with Crippen LogP contribution in [0, 0.1) is 0 Å². The fourth-order valence-corrected chi connectivity index (χ4v) is 3.71. The third-order valence-electron chi connectivity index (χ3n) is 5.16. The van der Waals surface area contributed by atoms with Crippen LogP contribution >= 0.6 is 0 Å². The Labute approximate surface area is 168 Å². The molecular weight excluding hydrogens is 381 g/mol. The largest absolute Gasteiger partial charge is 0.416 e. The molecule has 1 aliphatic heterocycles. The summed E-state index contributed by atoms with van der Waals surface area (Å²) in [5.41, 5.74) is 2.25. The number of amides is 1. The molecule has 0 saturated heterocycles. The first-order valence-electron chi connectivity index (χ1n) is 9.68. The number of aliphatic hydroxyl groups excluding tert-OH is 1. The van der Waals surface area contributed by atoms with Crippen molar-refractivity contribution in [2.45, 2.75) is 38.1 Å². The van der Waals surface area contributed by atoms with Gasteiger partial charge in [-0.1, -0.05) is 36.4 Å². The highest BCUT2D eigenvalue weighted by molar-refractivity contribution is 5.79. The molecule has 0 spiro atoms. The number of fused-ring (bicyclic) bond motifs is 1. The topological polar surface area (TPSA) is 52.6 Å². The molecule has 156 valence electrons. The van der Waals surface area contributed by atoms with Crippen LogP contribution < -0.4 is 5.32 Å². The maximum Gasteiger partial charge on any atom is 0.416 e. The van der Waals surface area contributed by atoms with E-state index in [9.17, 15) is 23.1 Å². The molecule has 3 rings (SSSR count). The first-order chi connectivity index (χ1) is 13.8. The van der Waals surface area contributed by atoms with Crippen molar-refractivity contribution in [2.24, 2.45) is 0 Å². The first kappa shape index (κ1) is 21.3. The summed E-state index contributed by atoms with van der Waals surface area (Å²) >= 11 is 0. The Morgan fingerprint density at radius 3 is 2.55 bits per heavy atom. The number of nitrogens with one attached hydrogen (secondary N) is 1. The van der Waals surface area contributed by atoms with Gasteiger partial charge in [-0.3, -0.25) is 4.79 Å². The van der Waals surface area contributed by atoms with E-state index in [-0.39, 0.29) is 18.5 Å². The second-order valence-electron chi connectivity index (χ2n) is 7.43. The number of alkyl halides is 3. The first-order valence-corrected chi connectivity index (χ1v) is 9.68. The molecule has 4 nitrogen and oxygen atoms in total. The summed E-state index contributed by atoms with van der Waals surface area (Å²) in [6.07, 6.45) is -3.74. The number of carbonyl (C=O) groups is 1. The molecular formula is C22H25F3N2O2. The number of carbonyl (C=O) groups excluding carboxylic acids is 1. The van der Waals surface area contributed by atoms with Crippen molar-refractivity contribution in [1.82, 2.24) is 10.2 Å². The average molecular weight is 406 g/mol. The number of hydrogen-bond donors (Lipinski definition) is 2. The van der Waals surface area contributed by atoms with Gasteiger partial charge >= 0.3 is 6.18 Å². The molecule has 0 fully saturated rings. The minimum Gasteiger partial charge on any atom is -0.392 e. The Hall–Kier alpha value is -2.38. The summed E-state index contributed by atoms with van der Waals surface area (Å²) in [7, 11) is 0. The van der Waals surface area contributed by atoms with Crippen molar-refractivity contribution < 1.29 is 23.1 Å². The average Bonchev–Trinajstić information content (AvgIpc) is 2.67. The fraction of sp³-hybridized carbons (Fsp3) is 0.409. The molecule has 1 aliphatic rings. The quantitative estimate of drug-likeness (QED) is 0.774. The number of hydrogen-bond acceptors (Lipinski definition) is 3. The summed E-state index contributed by atoms with van der Waals surface area (Å²) in [4.78, 5) is 14.6. The van der Waals surface area contributed by atoms with Crippen molar-refractivity contribution in [3.8, 4) is 0 Å². The van der Waals surface area contributed by atoms with E-state index in [4.69, 9.17) is 0 Å². The van der Waals surface area contributed by atoms with Crippen LogP contribution in [0.4, 0.5) is 13.2 Å². The predicted octanol–water partition coefficient (Wildman–Crippen LogP) is 3.34. The lowest BCUT2D eigenvalue weighted by molar-refractivity contribution is -0.137. The van der Waals surface area contributed by atoms with Crippen molar-refractivity contribution in [3.63, 3.8) is 0 Å². The zero-order chi connectivity index (χ0) is 21.0. The molecule has 0 radical (unpaired) electrons. The van der Waals surface area contributed by atoms with Crippen LogP contribution in [0.5, 0.6) is 0 Å². The summed E-state index contributed by atoms with van der Waals surface area (Å²) in [6.45, 7) is 2.62. The number of halogens is 3. The molecule has 1 unspecified atom stereocenters.